The number of alkyl halides is 2. The Kier molecular flexibility index (Phi) is 4.64. The predicted octanol–water partition coefficient (Wildman–Crippen LogP) is 0.720. The number of fused-ring (bicyclic) bond motifs is 1. The van der Waals surface area contributed by atoms with Gasteiger partial charge in [0.15, 0.2) is 11.5 Å². The monoisotopic (exact) mass is 322 g/mol. The Bertz CT molecular complexity index is 607. The molecule has 0 unspecified atom stereocenters. The Hall–Kier alpha value is -1.45. The molecule has 0 saturated heterocycles. The molecule has 0 radical (unpaired) electrons. The van der Waals surface area contributed by atoms with E-state index in [9.17, 15) is 17.2 Å². The minimum Gasteiger partial charge on any atom is -0.490 e. The van der Waals surface area contributed by atoms with Crippen LogP contribution in [0.25, 0.3) is 0 Å². The van der Waals surface area contributed by atoms with Crippen LogP contribution in [0.3, 0.4) is 0 Å². The van der Waals surface area contributed by atoms with Gasteiger partial charge < -0.3 is 15.2 Å². The van der Waals surface area contributed by atoms with E-state index in [0.29, 0.717) is 25.4 Å². The lowest BCUT2D eigenvalue weighted by Gasteiger charge is -2.15. The number of ether oxygens (including phenoxy) is 2. The molecule has 0 aromatic heterocycles. The summed E-state index contributed by atoms with van der Waals surface area (Å²) in [4.78, 5) is -0.167. The smallest absolute Gasteiger partial charge is 0.273 e. The van der Waals surface area contributed by atoms with Crippen molar-refractivity contribution in [2.24, 2.45) is 5.73 Å². The number of hydrogen-bond acceptors (Lipinski definition) is 5. The van der Waals surface area contributed by atoms with Crippen molar-refractivity contribution in [2.45, 2.75) is 17.2 Å². The zero-order chi connectivity index (χ0) is 15.5. The van der Waals surface area contributed by atoms with Crippen molar-refractivity contribution in [3.63, 3.8) is 0 Å². The van der Waals surface area contributed by atoms with Crippen LogP contribution in [-0.4, -0.2) is 40.6 Å². The number of nitrogens with two attached hydrogens (primary N) is 1. The lowest BCUT2D eigenvalue weighted by Crippen LogP contribution is -2.41. The number of sulfonamides is 1. The van der Waals surface area contributed by atoms with Crippen LogP contribution in [0.15, 0.2) is 23.1 Å². The van der Waals surface area contributed by atoms with Crippen LogP contribution in [-0.2, 0) is 10.0 Å². The summed E-state index contributed by atoms with van der Waals surface area (Å²) in [6, 6.07) is 3.97. The highest BCUT2D eigenvalue weighted by molar-refractivity contribution is 7.89. The first-order valence-electron chi connectivity index (χ1n) is 6.31. The van der Waals surface area contributed by atoms with Gasteiger partial charge in [-0.25, -0.2) is 21.9 Å². The average molecular weight is 322 g/mol. The SMILES string of the molecule is NCC(F)(F)CNS(=O)(=O)c1ccc2c(c1)OCCCO2. The van der Waals surface area contributed by atoms with Gasteiger partial charge >= 0.3 is 0 Å². The predicted molar refractivity (Wildman–Crippen MR) is 71.2 cm³/mol. The normalized spacial score (nSPS) is 15.6. The molecule has 0 fully saturated rings. The van der Waals surface area contributed by atoms with Gasteiger partial charge in [-0.3, -0.25) is 0 Å². The average Bonchev–Trinajstić information content (AvgIpc) is 2.70. The van der Waals surface area contributed by atoms with Gasteiger partial charge in [0.05, 0.1) is 31.2 Å². The van der Waals surface area contributed by atoms with Crippen molar-refractivity contribution >= 4 is 10.0 Å². The summed E-state index contributed by atoms with van der Waals surface area (Å²) in [5, 5.41) is 0. The van der Waals surface area contributed by atoms with Gasteiger partial charge in [0.1, 0.15) is 0 Å². The largest absolute Gasteiger partial charge is 0.490 e. The summed E-state index contributed by atoms with van der Waals surface area (Å²) >= 11 is 0. The van der Waals surface area contributed by atoms with Crippen molar-refractivity contribution < 1.29 is 26.7 Å². The number of rotatable bonds is 5. The molecule has 1 aliphatic rings. The van der Waals surface area contributed by atoms with E-state index in [1.165, 1.54) is 18.2 Å². The maximum absolute atomic E-state index is 13.0. The van der Waals surface area contributed by atoms with Crippen LogP contribution < -0.4 is 19.9 Å². The minimum absolute atomic E-state index is 0.167. The van der Waals surface area contributed by atoms with Gasteiger partial charge in [0.25, 0.3) is 5.92 Å². The molecular weight excluding hydrogens is 306 g/mol. The van der Waals surface area contributed by atoms with Crippen LogP contribution in [0.5, 0.6) is 11.5 Å². The van der Waals surface area contributed by atoms with E-state index in [4.69, 9.17) is 15.2 Å². The second-order valence-corrected chi connectivity index (χ2v) is 6.31. The van der Waals surface area contributed by atoms with Gasteiger partial charge in [0, 0.05) is 12.5 Å². The summed E-state index contributed by atoms with van der Waals surface area (Å²) < 4.78 is 62.6. The summed E-state index contributed by atoms with van der Waals surface area (Å²) in [5.74, 6) is -2.59. The van der Waals surface area contributed by atoms with E-state index in [2.05, 4.69) is 0 Å². The first kappa shape index (κ1) is 15.9. The maximum atomic E-state index is 13.0. The van der Waals surface area contributed by atoms with Gasteiger partial charge in [-0.2, -0.15) is 0 Å². The van der Waals surface area contributed by atoms with Crippen molar-refractivity contribution in [3.05, 3.63) is 18.2 Å². The molecule has 3 N–H and O–H groups in total. The lowest BCUT2D eigenvalue weighted by molar-refractivity contribution is 0.0170. The molecule has 0 saturated carbocycles. The number of nitrogens with one attached hydrogen (secondary N) is 1. The second kappa shape index (κ2) is 6.12. The highest BCUT2D eigenvalue weighted by atomic mass is 32.2. The highest BCUT2D eigenvalue weighted by Crippen LogP contribution is 2.31. The lowest BCUT2D eigenvalue weighted by atomic mass is 10.3. The fraction of sp³-hybridized carbons (Fsp3) is 0.500. The van der Waals surface area contributed by atoms with E-state index in [1.54, 1.807) is 0 Å². The quantitative estimate of drug-likeness (QED) is 0.833. The van der Waals surface area contributed by atoms with Crippen molar-refractivity contribution in [2.75, 3.05) is 26.3 Å². The Morgan fingerprint density at radius 3 is 2.57 bits per heavy atom. The molecule has 1 aliphatic heterocycles. The Morgan fingerprint density at radius 2 is 1.90 bits per heavy atom. The third kappa shape index (κ3) is 4.02. The fourth-order valence-corrected chi connectivity index (χ4v) is 2.74. The van der Waals surface area contributed by atoms with E-state index in [1.807, 2.05) is 4.72 Å². The van der Waals surface area contributed by atoms with E-state index in [0.717, 1.165) is 0 Å². The van der Waals surface area contributed by atoms with Crippen LogP contribution in [0.4, 0.5) is 8.78 Å². The summed E-state index contributed by atoms with van der Waals surface area (Å²) in [7, 11) is -4.07. The van der Waals surface area contributed by atoms with Crippen LogP contribution in [0.2, 0.25) is 0 Å². The van der Waals surface area contributed by atoms with Crippen molar-refractivity contribution in [3.8, 4) is 11.5 Å². The molecule has 118 valence electrons. The standard InChI is InChI=1S/C12H16F2N2O4S/c13-12(14,7-15)8-16-21(17,18)9-2-3-10-11(6-9)20-5-1-4-19-10/h2-3,6,16H,1,4-5,7-8,15H2. The molecule has 1 heterocycles. The summed E-state index contributed by atoms with van der Waals surface area (Å²) in [6.07, 6.45) is 0.678. The van der Waals surface area contributed by atoms with E-state index in [-0.39, 0.29) is 10.6 Å². The molecule has 0 bridgehead atoms. The Balaban J connectivity index is 2.19. The molecule has 0 amide bonds. The van der Waals surface area contributed by atoms with E-state index < -0.39 is 29.0 Å². The van der Waals surface area contributed by atoms with Gasteiger partial charge in [-0.1, -0.05) is 0 Å². The third-order valence-corrected chi connectivity index (χ3v) is 4.25. The van der Waals surface area contributed by atoms with Crippen LogP contribution in [0, 0.1) is 0 Å². The molecule has 1 aromatic rings. The Labute approximate surface area is 121 Å². The molecule has 1 aromatic carbocycles. The number of hydrogen-bond donors (Lipinski definition) is 2. The van der Waals surface area contributed by atoms with Gasteiger partial charge in [0.2, 0.25) is 10.0 Å². The van der Waals surface area contributed by atoms with Crippen LogP contribution in [0.1, 0.15) is 6.42 Å². The second-order valence-electron chi connectivity index (χ2n) is 4.54. The van der Waals surface area contributed by atoms with E-state index >= 15 is 0 Å². The highest BCUT2D eigenvalue weighted by Gasteiger charge is 2.29. The Morgan fingerprint density at radius 1 is 1.24 bits per heavy atom. The van der Waals surface area contributed by atoms with Crippen molar-refractivity contribution in [1.29, 1.82) is 0 Å². The topological polar surface area (TPSA) is 90.7 Å². The molecule has 0 aliphatic carbocycles. The molecular formula is C12H16F2N2O4S. The zero-order valence-corrected chi connectivity index (χ0v) is 12.0. The molecule has 6 nitrogen and oxygen atoms in total. The molecule has 2 rings (SSSR count). The minimum atomic E-state index is -4.07. The summed E-state index contributed by atoms with van der Waals surface area (Å²) in [6.45, 7) is -1.12. The first-order valence-corrected chi connectivity index (χ1v) is 7.80. The molecule has 0 atom stereocenters. The third-order valence-electron chi connectivity index (χ3n) is 2.85. The molecule has 9 heteroatoms. The number of halogens is 2. The van der Waals surface area contributed by atoms with Crippen molar-refractivity contribution in [1.82, 2.24) is 4.72 Å². The molecule has 0 spiro atoms. The zero-order valence-electron chi connectivity index (χ0n) is 11.1. The van der Waals surface area contributed by atoms with Gasteiger partial charge in [-0.15, -0.1) is 0 Å². The fourth-order valence-electron chi connectivity index (χ4n) is 1.67. The first-order chi connectivity index (χ1) is 9.84. The number of benzene rings is 1. The summed E-state index contributed by atoms with van der Waals surface area (Å²) in [5.41, 5.74) is 4.86. The molecule has 21 heavy (non-hydrogen) atoms. The van der Waals surface area contributed by atoms with Gasteiger partial charge in [-0.05, 0) is 12.1 Å². The van der Waals surface area contributed by atoms with Crippen LogP contribution >= 0.6 is 0 Å². The maximum Gasteiger partial charge on any atom is 0.273 e.